The van der Waals surface area contributed by atoms with Crippen LogP contribution < -0.4 is 14.8 Å². The number of aromatic carboxylic acids is 1. The summed E-state index contributed by atoms with van der Waals surface area (Å²) in [7, 11) is 0. The lowest BCUT2D eigenvalue weighted by atomic mass is 9.69. The van der Waals surface area contributed by atoms with Crippen LogP contribution in [0.3, 0.4) is 0 Å². The maximum atomic E-state index is 13.2. The summed E-state index contributed by atoms with van der Waals surface area (Å²) in [6, 6.07) is 13.1. The highest BCUT2D eigenvalue weighted by atomic mass is 16.6. The van der Waals surface area contributed by atoms with Gasteiger partial charge in [0.1, 0.15) is 24.7 Å². The third-order valence-corrected chi connectivity index (χ3v) is 6.86. The van der Waals surface area contributed by atoms with Gasteiger partial charge in [-0.15, -0.1) is 0 Å². The van der Waals surface area contributed by atoms with Crippen molar-refractivity contribution >= 4 is 23.5 Å². The van der Waals surface area contributed by atoms with Gasteiger partial charge in [0.25, 0.3) is 5.91 Å². The summed E-state index contributed by atoms with van der Waals surface area (Å²) < 4.78 is 17.0. The molecular weight excluding hydrogens is 426 g/mol. The molecule has 1 aliphatic carbocycles. The van der Waals surface area contributed by atoms with Crippen molar-refractivity contribution in [3.8, 4) is 11.5 Å². The van der Waals surface area contributed by atoms with Gasteiger partial charge in [-0.2, -0.15) is 0 Å². The number of carbonyl (C=O) groups is 3. The van der Waals surface area contributed by atoms with Crippen LogP contribution in [-0.2, 0) is 14.3 Å². The molecule has 2 aliphatic rings. The van der Waals surface area contributed by atoms with Gasteiger partial charge in [0, 0.05) is 12.8 Å². The first-order valence-electron chi connectivity index (χ1n) is 10.8. The highest BCUT2D eigenvalue weighted by Gasteiger charge is 2.71. The third-order valence-electron chi connectivity index (χ3n) is 6.86. The number of hydrogen-bond acceptors (Lipinski definition) is 6. The Morgan fingerprint density at radius 3 is 2.30 bits per heavy atom. The second-order valence-corrected chi connectivity index (χ2v) is 9.43. The van der Waals surface area contributed by atoms with Crippen LogP contribution in [0.15, 0.2) is 48.5 Å². The summed E-state index contributed by atoms with van der Waals surface area (Å²) in [5, 5.41) is 11.8. The van der Waals surface area contributed by atoms with Crippen molar-refractivity contribution in [2.75, 3.05) is 18.5 Å². The lowest BCUT2D eigenvalue weighted by Crippen LogP contribution is -2.47. The Kier molecular flexibility index (Phi) is 5.56. The van der Waals surface area contributed by atoms with Gasteiger partial charge in [-0.25, -0.2) is 4.79 Å². The fraction of sp³-hybridized carbons (Fsp3) is 0.400. The topological polar surface area (TPSA) is 111 Å². The Balaban J connectivity index is 1.37. The number of benzene rings is 2. The molecule has 33 heavy (non-hydrogen) atoms. The summed E-state index contributed by atoms with van der Waals surface area (Å²) in [5.41, 5.74) is -1.53. The van der Waals surface area contributed by atoms with E-state index in [1.165, 1.54) is 12.1 Å². The van der Waals surface area contributed by atoms with Crippen LogP contribution in [0.1, 0.15) is 44.0 Å². The van der Waals surface area contributed by atoms with Gasteiger partial charge in [-0.1, -0.05) is 26.0 Å². The highest BCUT2D eigenvalue weighted by molar-refractivity contribution is 6.03. The van der Waals surface area contributed by atoms with Crippen molar-refractivity contribution < 1.29 is 33.7 Å². The molecule has 2 fully saturated rings. The van der Waals surface area contributed by atoms with Crippen LogP contribution in [0.4, 0.5) is 5.69 Å². The summed E-state index contributed by atoms with van der Waals surface area (Å²) in [6.07, 6.45) is 0.820. The number of fused-ring (bicyclic) bond motifs is 2. The molecule has 2 aromatic rings. The number of rotatable bonds is 8. The molecule has 2 bridgehead atoms. The molecule has 2 N–H and O–H groups in total. The minimum Gasteiger partial charge on any atom is -0.490 e. The predicted octanol–water partition coefficient (Wildman–Crippen LogP) is 3.90. The van der Waals surface area contributed by atoms with E-state index in [4.69, 9.17) is 19.3 Å². The average molecular weight is 453 g/mol. The van der Waals surface area contributed by atoms with Gasteiger partial charge in [-0.3, -0.25) is 9.59 Å². The van der Waals surface area contributed by atoms with Gasteiger partial charge >= 0.3 is 11.9 Å². The number of nitrogens with one attached hydrogen (secondary N) is 1. The molecule has 0 radical (unpaired) electrons. The Hall–Kier alpha value is -3.55. The SMILES string of the molecule is CC1(C)C[C@@]2(C(=O)Nc3ccccc3OCCOc3ccc(C(=O)O)cc3)C[C@@]1(C)C(=O)O2. The average Bonchev–Trinajstić information content (AvgIpc) is 3.16. The van der Waals surface area contributed by atoms with Crippen molar-refractivity contribution in [3.05, 3.63) is 54.1 Å². The van der Waals surface area contributed by atoms with Gasteiger partial charge in [0.15, 0.2) is 5.60 Å². The minimum absolute atomic E-state index is 0.182. The Bertz CT molecular complexity index is 1090. The van der Waals surface area contributed by atoms with Crippen LogP contribution in [0.2, 0.25) is 0 Å². The number of ether oxygens (including phenoxy) is 3. The quantitative estimate of drug-likeness (QED) is 0.461. The van der Waals surface area contributed by atoms with Gasteiger partial charge < -0.3 is 24.6 Å². The van der Waals surface area contributed by atoms with E-state index in [0.717, 1.165) is 0 Å². The lowest BCUT2D eigenvalue weighted by Gasteiger charge is -2.38. The van der Waals surface area contributed by atoms with Gasteiger partial charge in [0.05, 0.1) is 16.7 Å². The zero-order chi connectivity index (χ0) is 23.9. The number of carboxylic acid groups (broad SMARTS) is 1. The fourth-order valence-electron chi connectivity index (χ4n) is 4.64. The van der Waals surface area contributed by atoms with E-state index in [1.54, 1.807) is 36.4 Å². The van der Waals surface area contributed by atoms with E-state index >= 15 is 0 Å². The lowest BCUT2D eigenvalue weighted by molar-refractivity contribution is -0.173. The van der Waals surface area contributed by atoms with Gasteiger partial charge in [-0.05, 0) is 48.7 Å². The second-order valence-electron chi connectivity index (χ2n) is 9.43. The number of esters is 1. The smallest absolute Gasteiger partial charge is 0.335 e. The third kappa shape index (κ3) is 4.01. The number of para-hydroxylation sites is 2. The van der Waals surface area contributed by atoms with E-state index in [2.05, 4.69) is 5.32 Å². The van der Waals surface area contributed by atoms with E-state index < -0.39 is 17.0 Å². The molecule has 0 unspecified atom stereocenters. The zero-order valence-corrected chi connectivity index (χ0v) is 18.8. The fourth-order valence-corrected chi connectivity index (χ4v) is 4.64. The Morgan fingerprint density at radius 1 is 1.00 bits per heavy atom. The molecular formula is C25H27NO7. The molecule has 1 heterocycles. The van der Waals surface area contributed by atoms with E-state index in [-0.39, 0.29) is 36.1 Å². The molecule has 1 aliphatic heterocycles. The molecule has 8 nitrogen and oxygen atoms in total. The summed E-state index contributed by atoms with van der Waals surface area (Å²) in [5.74, 6) is -0.681. The first-order chi connectivity index (χ1) is 15.6. The molecule has 8 heteroatoms. The van der Waals surface area contributed by atoms with Crippen LogP contribution in [0, 0.1) is 10.8 Å². The molecule has 0 aromatic heterocycles. The normalized spacial score (nSPS) is 24.8. The van der Waals surface area contributed by atoms with Crippen molar-refractivity contribution in [2.45, 2.75) is 39.2 Å². The number of carbonyl (C=O) groups excluding carboxylic acids is 2. The number of carboxylic acids is 1. The summed E-state index contributed by atoms with van der Waals surface area (Å²) in [6.45, 7) is 6.29. The molecule has 174 valence electrons. The first kappa shape index (κ1) is 22.6. The van der Waals surface area contributed by atoms with Crippen LogP contribution >= 0.6 is 0 Å². The van der Waals surface area contributed by atoms with Gasteiger partial charge in [0.2, 0.25) is 0 Å². The maximum absolute atomic E-state index is 13.2. The van der Waals surface area contributed by atoms with Crippen molar-refractivity contribution in [2.24, 2.45) is 10.8 Å². The Morgan fingerprint density at radius 2 is 1.67 bits per heavy atom. The number of anilines is 1. The molecule has 1 amide bonds. The van der Waals surface area contributed by atoms with Crippen LogP contribution in [0.25, 0.3) is 0 Å². The standard InChI is InChI=1S/C25H27NO7/c1-23(2)14-25(15-24(23,3)22(30)33-25)21(29)26-18-6-4-5-7-19(18)32-13-12-31-17-10-8-16(9-11-17)20(27)28/h4-11H,12-15H2,1-3H3,(H,26,29)(H,27,28)/t24-,25-/m0/s1. The van der Waals surface area contributed by atoms with E-state index in [1.807, 2.05) is 20.8 Å². The largest absolute Gasteiger partial charge is 0.490 e. The minimum atomic E-state index is -1.17. The molecule has 2 atom stereocenters. The predicted molar refractivity (Wildman–Crippen MR) is 119 cm³/mol. The molecule has 0 spiro atoms. The second kappa shape index (κ2) is 8.10. The first-order valence-corrected chi connectivity index (χ1v) is 10.8. The zero-order valence-electron chi connectivity index (χ0n) is 18.8. The van der Waals surface area contributed by atoms with Crippen molar-refractivity contribution in [3.63, 3.8) is 0 Å². The maximum Gasteiger partial charge on any atom is 0.335 e. The summed E-state index contributed by atoms with van der Waals surface area (Å²) in [4.78, 5) is 36.6. The molecule has 4 rings (SSSR count). The molecule has 1 saturated heterocycles. The van der Waals surface area contributed by atoms with E-state index in [9.17, 15) is 14.4 Å². The summed E-state index contributed by atoms with van der Waals surface area (Å²) >= 11 is 0. The Labute approximate surface area is 191 Å². The van der Waals surface area contributed by atoms with Crippen LogP contribution in [-0.4, -0.2) is 41.8 Å². The monoisotopic (exact) mass is 453 g/mol. The highest BCUT2D eigenvalue weighted by Crippen LogP contribution is 2.63. The van der Waals surface area contributed by atoms with Crippen molar-refractivity contribution in [1.82, 2.24) is 0 Å². The van der Waals surface area contributed by atoms with Crippen LogP contribution in [0.5, 0.6) is 11.5 Å². The van der Waals surface area contributed by atoms with Crippen molar-refractivity contribution in [1.29, 1.82) is 0 Å². The molecule has 2 aromatic carbocycles. The number of hydrogen-bond donors (Lipinski definition) is 2. The molecule has 1 saturated carbocycles. The van der Waals surface area contributed by atoms with E-state index in [0.29, 0.717) is 30.0 Å². The number of amides is 1.